The summed E-state index contributed by atoms with van der Waals surface area (Å²) in [6.07, 6.45) is -0.931. The van der Waals surface area contributed by atoms with Crippen LogP contribution >= 0.6 is 0 Å². The van der Waals surface area contributed by atoms with Gasteiger partial charge in [-0.2, -0.15) is 0 Å². The number of rotatable bonds is 5. The fourth-order valence-corrected chi connectivity index (χ4v) is 1.41. The molecule has 1 amide bonds. The molecule has 108 valence electrons. The van der Waals surface area contributed by atoms with Gasteiger partial charge in [-0.3, -0.25) is 10.1 Å². The minimum absolute atomic E-state index is 0.0843. The topological polar surface area (TPSA) is 119 Å². The van der Waals surface area contributed by atoms with Gasteiger partial charge in [0.25, 0.3) is 5.69 Å². The van der Waals surface area contributed by atoms with Crippen LogP contribution in [0.25, 0.3) is 0 Å². The number of nitro groups is 1. The average Bonchev–Trinajstić information content (AvgIpc) is 2.35. The molecule has 1 aromatic carbocycles. The molecule has 0 heterocycles. The molecule has 0 aliphatic carbocycles. The van der Waals surface area contributed by atoms with Crippen LogP contribution in [0.3, 0.4) is 0 Å². The summed E-state index contributed by atoms with van der Waals surface area (Å²) in [5.74, 6) is -1.39. The van der Waals surface area contributed by atoms with Gasteiger partial charge in [-0.15, -0.1) is 0 Å². The molecule has 0 saturated heterocycles. The van der Waals surface area contributed by atoms with E-state index < -0.39 is 23.0 Å². The Morgan fingerprint density at radius 3 is 2.25 bits per heavy atom. The number of carbonyl (C=O) groups excluding carboxylic acids is 1. The van der Waals surface area contributed by atoms with Gasteiger partial charge in [0.1, 0.15) is 11.8 Å². The lowest BCUT2D eigenvalue weighted by atomic mass is 10.1. The Bertz CT molecular complexity index is 511. The fraction of sp³-hybridized carbons (Fsp3) is 0.333. The maximum atomic E-state index is 11.5. The highest BCUT2D eigenvalue weighted by atomic mass is 16.6. The lowest BCUT2D eigenvalue weighted by Gasteiger charge is -2.17. The summed E-state index contributed by atoms with van der Waals surface area (Å²) in [6.45, 7) is 3.29. The summed E-state index contributed by atoms with van der Waals surface area (Å²) in [5.41, 5.74) is -0.136. The summed E-state index contributed by atoms with van der Waals surface area (Å²) in [4.78, 5) is 32.3. The van der Waals surface area contributed by atoms with Crippen molar-refractivity contribution < 1.29 is 24.4 Å². The van der Waals surface area contributed by atoms with Crippen LogP contribution in [0.2, 0.25) is 0 Å². The van der Waals surface area contributed by atoms with Crippen molar-refractivity contribution in [3.63, 3.8) is 0 Å². The normalized spacial score (nSPS) is 11.8. The zero-order valence-corrected chi connectivity index (χ0v) is 10.9. The summed E-state index contributed by atoms with van der Waals surface area (Å²) in [7, 11) is 0. The average molecular weight is 282 g/mol. The summed E-state index contributed by atoms with van der Waals surface area (Å²) in [5, 5.41) is 21.6. The molecule has 0 bridgehead atoms. The highest BCUT2D eigenvalue weighted by Gasteiger charge is 2.24. The molecule has 20 heavy (non-hydrogen) atoms. The molecule has 1 rings (SSSR count). The molecule has 8 heteroatoms. The molecule has 0 aliphatic heterocycles. The third-order valence-electron chi connectivity index (χ3n) is 2.46. The van der Waals surface area contributed by atoms with Crippen LogP contribution in [0.15, 0.2) is 24.3 Å². The van der Waals surface area contributed by atoms with Crippen molar-refractivity contribution >= 4 is 17.7 Å². The molecular formula is C12H14N2O6. The molecule has 8 nitrogen and oxygen atoms in total. The van der Waals surface area contributed by atoms with E-state index in [-0.39, 0.29) is 17.4 Å². The van der Waals surface area contributed by atoms with Crippen LogP contribution in [0.4, 0.5) is 10.5 Å². The molecule has 2 N–H and O–H groups in total. The second-order valence-corrected chi connectivity index (χ2v) is 4.34. The maximum Gasteiger partial charge on any atom is 0.413 e. The minimum atomic E-state index is -1.17. The lowest BCUT2D eigenvalue weighted by Crippen LogP contribution is -2.45. The first-order valence-electron chi connectivity index (χ1n) is 5.77. The standard InChI is InChI=1S/C12H14N2O6/c1-7(2)10(11(15)16)13-12(17)20-9-5-3-8(4-6-9)14(18)19/h3-7,10H,1-2H3,(H,13,17)(H,15,16)/t10-/m0/s1. The van der Waals surface area contributed by atoms with Crippen molar-refractivity contribution in [3.8, 4) is 5.75 Å². The molecule has 1 aromatic rings. The summed E-state index contributed by atoms with van der Waals surface area (Å²) in [6, 6.07) is 3.80. The molecular weight excluding hydrogens is 268 g/mol. The largest absolute Gasteiger partial charge is 0.480 e. The van der Waals surface area contributed by atoms with Gasteiger partial charge >= 0.3 is 12.1 Å². The number of hydrogen-bond donors (Lipinski definition) is 2. The van der Waals surface area contributed by atoms with Gasteiger partial charge in [0.15, 0.2) is 0 Å². The van der Waals surface area contributed by atoms with Gasteiger partial charge < -0.3 is 15.2 Å². The first kappa shape index (κ1) is 15.4. The third-order valence-corrected chi connectivity index (χ3v) is 2.46. The number of nitrogens with zero attached hydrogens (tertiary/aromatic N) is 1. The number of carbonyl (C=O) groups is 2. The van der Waals surface area contributed by atoms with Crippen molar-refractivity contribution in [1.29, 1.82) is 0 Å². The Morgan fingerprint density at radius 1 is 1.30 bits per heavy atom. The van der Waals surface area contributed by atoms with Crippen molar-refractivity contribution in [1.82, 2.24) is 5.32 Å². The number of carboxylic acids is 1. The Balaban J connectivity index is 2.66. The van der Waals surface area contributed by atoms with E-state index in [4.69, 9.17) is 9.84 Å². The van der Waals surface area contributed by atoms with E-state index in [0.717, 1.165) is 0 Å². The number of ether oxygens (including phenoxy) is 1. The van der Waals surface area contributed by atoms with Crippen LogP contribution in [-0.2, 0) is 4.79 Å². The number of carboxylic acid groups (broad SMARTS) is 1. The highest BCUT2D eigenvalue weighted by molar-refractivity contribution is 5.81. The SMILES string of the molecule is CC(C)[C@H](NC(=O)Oc1ccc([N+](=O)[O-])cc1)C(=O)O. The quantitative estimate of drug-likeness (QED) is 0.627. The van der Waals surface area contributed by atoms with E-state index in [9.17, 15) is 19.7 Å². The second-order valence-electron chi connectivity index (χ2n) is 4.34. The van der Waals surface area contributed by atoms with E-state index >= 15 is 0 Å². The van der Waals surface area contributed by atoms with Crippen LogP contribution in [0.1, 0.15) is 13.8 Å². The molecule has 1 atom stereocenters. The first-order chi connectivity index (χ1) is 9.31. The summed E-state index contributed by atoms with van der Waals surface area (Å²) < 4.78 is 4.84. The van der Waals surface area contributed by atoms with E-state index in [0.29, 0.717) is 0 Å². The zero-order chi connectivity index (χ0) is 15.3. The second kappa shape index (κ2) is 6.50. The molecule has 0 aromatic heterocycles. The van der Waals surface area contributed by atoms with Gasteiger partial charge in [-0.05, 0) is 18.1 Å². The van der Waals surface area contributed by atoms with Crippen molar-refractivity contribution in [2.45, 2.75) is 19.9 Å². The van der Waals surface area contributed by atoms with E-state index in [1.165, 1.54) is 24.3 Å². The van der Waals surface area contributed by atoms with Gasteiger partial charge in [-0.1, -0.05) is 13.8 Å². The van der Waals surface area contributed by atoms with Crippen LogP contribution in [0.5, 0.6) is 5.75 Å². The molecule has 0 saturated carbocycles. The highest BCUT2D eigenvalue weighted by Crippen LogP contribution is 2.17. The first-order valence-corrected chi connectivity index (χ1v) is 5.77. The minimum Gasteiger partial charge on any atom is -0.480 e. The number of hydrogen-bond acceptors (Lipinski definition) is 5. The maximum absolute atomic E-state index is 11.5. The van der Waals surface area contributed by atoms with Crippen molar-refractivity contribution in [2.75, 3.05) is 0 Å². The Morgan fingerprint density at radius 2 is 1.85 bits per heavy atom. The van der Waals surface area contributed by atoms with Crippen molar-refractivity contribution in [2.24, 2.45) is 5.92 Å². The van der Waals surface area contributed by atoms with Gasteiger partial charge in [0.2, 0.25) is 0 Å². The van der Waals surface area contributed by atoms with Gasteiger partial charge in [0.05, 0.1) is 4.92 Å². The Kier molecular flexibility index (Phi) is 5.01. The number of benzene rings is 1. The molecule has 0 radical (unpaired) electrons. The van der Waals surface area contributed by atoms with Gasteiger partial charge in [0, 0.05) is 12.1 Å². The monoisotopic (exact) mass is 282 g/mol. The smallest absolute Gasteiger partial charge is 0.413 e. The fourth-order valence-electron chi connectivity index (χ4n) is 1.41. The predicted octanol–water partition coefficient (Wildman–Crippen LogP) is 1.79. The molecule has 0 fully saturated rings. The van der Waals surface area contributed by atoms with Crippen molar-refractivity contribution in [3.05, 3.63) is 34.4 Å². The predicted molar refractivity (Wildman–Crippen MR) is 68.5 cm³/mol. The van der Waals surface area contributed by atoms with E-state index in [1.807, 2.05) is 0 Å². The Labute approximate surface area is 114 Å². The van der Waals surface area contributed by atoms with Gasteiger partial charge in [-0.25, -0.2) is 9.59 Å². The number of aliphatic carboxylic acids is 1. The van der Waals surface area contributed by atoms with Crippen LogP contribution in [-0.4, -0.2) is 28.1 Å². The summed E-state index contributed by atoms with van der Waals surface area (Å²) >= 11 is 0. The number of nitro benzene ring substituents is 1. The van der Waals surface area contributed by atoms with E-state index in [2.05, 4.69) is 5.32 Å². The Hall–Kier alpha value is -2.64. The molecule has 0 spiro atoms. The van der Waals surface area contributed by atoms with Crippen LogP contribution < -0.4 is 10.1 Å². The molecule has 0 unspecified atom stereocenters. The van der Waals surface area contributed by atoms with Crippen LogP contribution in [0, 0.1) is 16.0 Å². The zero-order valence-electron chi connectivity index (χ0n) is 10.9. The number of non-ortho nitro benzene ring substituents is 1. The lowest BCUT2D eigenvalue weighted by molar-refractivity contribution is -0.384. The third kappa shape index (κ3) is 4.23. The van der Waals surface area contributed by atoms with E-state index in [1.54, 1.807) is 13.8 Å². The number of nitrogens with one attached hydrogen (secondary N) is 1. The number of amides is 1. The molecule has 0 aliphatic rings.